The lowest BCUT2D eigenvalue weighted by molar-refractivity contribution is 0.0938. The molecule has 0 aliphatic carbocycles. The number of hydrogen-bond donors (Lipinski definition) is 2. The Morgan fingerprint density at radius 3 is 3.09 bits per heavy atom. The Hall–Kier alpha value is -3.13. The zero-order valence-corrected chi connectivity index (χ0v) is 20.8. The quantitative estimate of drug-likeness (QED) is 0.358. The number of nitrogens with one attached hydrogen (secondary N) is 2. The molecule has 178 valence electrons. The highest BCUT2D eigenvalue weighted by Crippen LogP contribution is 2.30. The number of anilines is 1. The summed E-state index contributed by atoms with van der Waals surface area (Å²) >= 11 is 1.45. The highest BCUT2D eigenvalue weighted by Gasteiger charge is 2.25. The highest BCUT2D eigenvalue weighted by atomic mass is 32.1. The topological polar surface area (TPSA) is 87.0 Å². The molecule has 2 N–H and O–H groups in total. The van der Waals surface area contributed by atoms with Crippen LogP contribution >= 0.6 is 11.3 Å². The number of aromatic amines is 1. The van der Waals surface area contributed by atoms with E-state index in [2.05, 4.69) is 63.6 Å². The predicted octanol–water partition coefficient (Wildman–Crippen LogP) is 5.32. The van der Waals surface area contributed by atoms with Crippen LogP contribution in [0.2, 0.25) is 0 Å². The van der Waals surface area contributed by atoms with E-state index in [1.165, 1.54) is 33.4 Å². The highest BCUT2D eigenvalue weighted by molar-refractivity contribution is 7.17. The third-order valence-corrected chi connectivity index (χ3v) is 7.79. The van der Waals surface area contributed by atoms with Gasteiger partial charge in [-0.3, -0.25) is 4.79 Å². The number of benzene rings is 1. The van der Waals surface area contributed by atoms with Crippen molar-refractivity contribution in [3.8, 4) is 0 Å². The van der Waals surface area contributed by atoms with Crippen molar-refractivity contribution in [3.05, 3.63) is 63.6 Å². The fraction of sp³-hybridized carbons (Fsp3) is 0.423. The Labute approximate surface area is 203 Å². The van der Waals surface area contributed by atoms with E-state index in [4.69, 9.17) is 4.52 Å². The van der Waals surface area contributed by atoms with Crippen LogP contribution in [0, 0.1) is 13.8 Å². The summed E-state index contributed by atoms with van der Waals surface area (Å²) in [5, 5.41) is 9.49. The van der Waals surface area contributed by atoms with Gasteiger partial charge in [0.2, 0.25) is 0 Å². The van der Waals surface area contributed by atoms with Gasteiger partial charge in [0.15, 0.2) is 5.13 Å². The van der Waals surface area contributed by atoms with E-state index in [9.17, 15) is 4.79 Å². The summed E-state index contributed by atoms with van der Waals surface area (Å²) in [4.78, 5) is 24.0. The van der Waals surface area contributed by atoms with Gasteiger partial charge in [0.25, 0.3) is 5.91 Å². The van der Waals surface area contributed by atoms with Gasteiger partial charge in [-0.25, -0.2) is 4.98 Å². The van der Waals surface area contributed by atoms with Crippen LogP contribution < -0.4 is 10.2 Å². The first kappa shape index (κ1) is 22.7. The molecule has 3 aromatic heterocycles. The molecule has 1 aromatic carbocycles. The summed E-state index contributed by atoms with van der Waals surface area (Å²) in [5.41, 5.74) is 5.74. The number of fused-ring (bicyclic) bond motifs is 2. The minimum Gasteiger partial charge on any atom is -0.361 e. The molecule has 1 aliphatic heterocycles. The van der Waals surface area contributed by atoms with Crippen molar-refractivity contribution >= 4 is 33.3 Å². The minimum atomic E-state index is -0.0419. The zero-order valence-electron chi connectivity index (χ0n) is 20.0. The minimum absolute atomic E-state index is 0.0419. The number of nitrogens with zero attached hydrogens (tertiary/aromatic N) is 3. The van der Waals surface area contributed by atoms with E-state index < -0.39 is 0 Å². The first-order valence-electron chi connectivity index (χ1n) is 12.0. The fourth-order valence-corrected chi connectivity index (χ4v) is 5.60. The summed E-state index contributed by atoms with van der Waals surface area (Å²) in [5.74, 6) is 0.925. The molecule has 5 rings (SSSR count). The van der Waals surface area contributed by atoms with Crippen LogP contribution in [0.1, 0.15) is 64.0 Å². The standard InChI is InChI=1S/C26H31N5O2S/c1-4-5-8-19(12-18-13-27-24-16(2)7-6-9-20(18)24)29-25(32)23-14-28-26(34-23)31-11-10-22-21(15-31)17(3)30-33-22/h6-7,9,13-14,19,27H,4-5,8,10-12,15H2,1-3H3,(H,29,32). The van der Waals surface area contributed by atoms with Crippen molar-refractivity contribution in [3.63, 3.8) is 0 Å². The number of thiazole rings is 1. The van der Waals surface area contributed by atoms with Gasteiger partial charge < -0.3 is 19.7 Å². The van der Waals surface area contributed by atoms with Gasteiger partial charge in [0.05, 0.1) is 18.4 Å². The van der Waals surface area contributed by atoms with E-state index in [1.54, 1.807) is 6.20 Å². The zero-order chi connectivity index (χ0) is 23.7. The van der Waals surface area contributed by atoms with E-state index in [0.29, 0.717) is 4.88 Å². The lowest BCUT2D eigenvalue weighted by Gasteiger charge is -2.25. The lowest BCUT2D eigenvalue weighted by Crippen LogP contribution is -2.36. The molecule has 4 heterocycles. The molecule has 0 bridgehead atoms. The van der Waals surface area contributed by atoms with Crippen molar-refractivity contribution in [2.45, 2.75) is 65.5 Å². The van der Waals surface area contributed by atoms with Crippen molar-refractivity contribution < 1.29 is 9.32 Å². The lowest BCUT2D eigenvalue weighted by atomic mass is 9.99. The number of para-hydroxylation sites is 1. The number of carbonyl (C=O) groups is 1. The van der Waals surface area contributed by atoms with Crippen molar-refractivity contribution in [1.82, 2.24) is 20.4 Å². The van der Waals surface area contributed by atoms with Crippen LogP contribution in [0.25, 0.3) is 10.9 Å². The molecule has 1 aliphatic rings. The third kappa shape index (κ3) is 4.46. The van der Waals surface area contributed by atoms with Gasteiger partial charge in [0, 0.05) is 41.7 Å². The second-order valence-electron chi connectivity index (χ2n) is 9.18. The largest absolute Gasteiger partial charge is 0.361 e. The van der Waals surface area contributed by atoms with E-state index in [0.717, 1.165) is 67.3 Å². The van der Waals surface area contributed by atoms with Crippen LogP contribution in [0.15, 0.2) is 35.1 Å². The molecule has 0 saturated heterocycles. The summed E-state index contributed by atoms with van der Waals surface area (Å²) < 4.78 is 5.41. The summed E-state index contributed by atoms with van der Waals surface area (Å²) in [7, 11) is 0. The van der Waals surface area contributed by atoms with E-state index in [1.807, 2.05) is 6.92 Å². The number of amides is 1. The van der Waals surface area contributed by atoms with E-state index >= 15 is 0 Å². The monoisotopic (exact) mass is 477 g/mol. The first-order valence-corrected chi connectivity index (χ1v) is 12.9. The maximum Gasteiger partial charge on any atom is 0.263 e. The average Bonchev–Trinajstić information content (AvgIpc) is 3.57. The smallest absolute Gasteiger partial charge is 0.263 e. The van der Waals surface area contributed by atoms with Crippen LogP contribution in [0.5, 0.6) is 0 Å². The number of carbonyl (C=O) groups excluding carboxylic acids is 1. The van der Waals surface area contributed by atoms with Crippen molar-refractivity contribution in [2.24, 2.45) is 0 Å². The summed E-state index contributed by atoms with van der Waals surface area (Å²) in [6, 6.07) is 6.45. The Bertz CT molecular complexity index is 1300. The molecular formula is C26H31N5O2S. The van der Waals surface area contributed by atoms with E-state index in [-0.39, 0.29) is 11.9 Å². The normalized spacial score (nSPS) is 14.4. The second-order valence-corrected chi connectivity index (χ2v) is 10.2. The first-order chi connectivity index (χ1) is 16.5. The number of H-pyrrole nitrogens is 1. The number of hydrogen-bond acceptors (Lipinski definition) is 6. The van der Waals surface area contributed by atoms with Crippen molar-refractivity contribution in [2.75, 3.05) is 11.4 Å². The number of aryl methyl sites for hydroxylation is 2. The Morgan fingerprint density at radius 1 is 1.35 bits per heavy atom. The number of rotatable bonds is 8. The Balaban J connectivity index is 1.29. The van der Waals surface area contributed by atoms with Gasteiger partial charge in [0.1, 0.15) is 10.6 Å². The van der Waals surface area contributed by atoms with Gasteiger partial charge >= 0.3 is 0 Å². The molecule has 0 fully saturated rings. The molecule has 8 heteroatoms. The van der Waals surface area contributed by atoms with Gasteiger partial charge in [-0.15, -0.1) is 0 Å². The third-order valence-electron chi connectivity index (χ3n) is 6.73. The maximum absolute atomic E-state index is 13.2. The predicted molar refractivity (Wildman–Crippen MR) is 136 cm³/mol. The summed E-state index contributed by atoms with van der Waals surface area (Å²) in [6.07, 6.45) is 8.54. The Kier molecular flexibility index (Phi) is 6.41. The summed E-state index contributed by atoms with van der Waals surface area (Å²) in [6.45, 7) is 7.81. The molecule has 1 amide bonds. The molecule has 1 unspecified atom stereocenters. The molecule has 4 aromatic rings. The molecule has 34 heavy (non-hydrogen) atoms. The Morgan fingerprint density at radius 2 is 2.24 bits per heavy atom. The van der Waals surface area contributed by atoms with Gasteiger partial charge in [-0.2, -0.15) is 0 Å². The molecular weight excluding hydrogens is 446 g/mol. The molecule has 1 atom stereocenters. The molecule has 0 spiro atoms. The second kappa shape index (κ2) is 9.62. The van der Waals surface area contributed by atoms with Crippen LogP contribution in [-0.4, -0.2) is 33.6 Å². The van der Waals surface area contributed by atoms with Gasteiger partial charge in [-0.1, -0.05) is 54.5 Å². The average molecular weight is 478 g/mol. The molecule has 0 saturated carbocycles. The fourth-order valence-electron chi connectivity index (χ4n) is 4.75. The SMILES string of the molecule is CCCCC(Cc1c[nH]c2c(C)cccc12)NC(=O)c1cnc(N2CCc3onc(C)c3C2)s1. The molecule has 7 nitrogen and oxygen atoms in total. The maximum atomic E-state index is 13.2. The molecule has 0 radical (unpaired) electrons. The number of aromatic nitrogens is 3. The number of unbranched alkanes of at least 4 members (excludes halogenated alkanes) is 1. The van der Waals surface area contributed by atoms with Crippen LogP contribution in [-0.2, 0) is 19.4 Å². The van der Waals surface area contributed by atoms with Crippen LogP contribution in [0.4, 0.5) is 5.13 Å². The van der Waals surface area contributed by atoms with Crippen molar-refractivity contribution in [1.29, 1.82) is 0 Å². The van der Waals surface area contributed by atoms with Gasteiger partial charge in [-0.05, 0) is 37.8 Å². The van der Waals surface area contributed by atoms with Crippen LogP contribution in [0.3, 0.4) is 0 Å².